The molecular weight excluding hydrogens is 272 g/mol. The van der Waals surface area contributed by atoms with Gasteiger partial charge in [0.1, 0.15) is 5.69 Å². The van der Waals surface area contributed by atoms with E-state index >= 15 is 0 Å². The van der Waals surface area contributed by atoms with Gasteiger partial charge in [-0.15, -0.1) is 0 Å². The summed E-state index contributed by atoms with van der Waals surface area (Å²) in [6.07, 6.45) is 2.58. The van der Waals surface area contributed by atoms with Gasteiger partial charge in [-0.25, -0.2) is 13.1 Å². The second-order valence-corrected chi connectivity index (χ2v) is 6.04. The Morgan fingerprint density at radius 3 is 2.53 bits per heavy atom. The van der Waals surface area contributed by atoms with Crippen LogP contribution in [0.15, 0.2) is 23.1 Å². The van der Waals surface area contributed by atoms with Crippen LogP contribution in [0.1, 0.15) is 19.3 Å². The number of nitro groups is 1. The molecule has 1 aliphatic carbocycles. The molecule has 1 saturated carbocycles. The van der Waals surface area contributed by atoms with Crippen molar-refractivity contribution in [2.75, 3.05) is 5.43 Å². The van der Waals surface area contributed by atoms with Gasteiger partial charge in [-0.2, -0.15) is 0 Å². The number of hydrogen-bond donors (Lipinski definition) is 3. The van der Waals surface area contributed by atoms with E-state index in [1.54, 1.807) is 0 Å². The van der Waals surface area contributed by atoms with Crippen molar-refractivity contribution in [2.24, 2.45) is 5.84 Å². The van der Waals surface area contributed by atoms with Gasteiger partial charge in [0.25, 0.3) is 5.69 Å². The second-order valence-electron chi connectivity index (χ2n) is 4.33. The van der Waals surface area contributed by atoms with E-state index in [2.05, 4.69) is 10.1 Å². The van der Waals surface area contributed by atoms with Gasteiger partial charge in [0.05, 0.1) is 9.82 Å². The summed E-state index contributed by atoms with van der Waals surface area (Å²) in [6, 6.07) is 3.48. The quantitative estimate of drug-likeness (QED) is 0.415. The normalized spacial score (nSPS) is 15.8. The Bertz CT molecular complexity index is 598. The maximum Gasteiger partial charge on any atom is 0.294 e. The number of nitrogens with one attached hydrogen (secondary N) is 2. The molecule has 8 nitrogen and oxygen atoms in total. The lowest BCUT2D eigenvalue weighted by molar-refractivity contribution is -0.384. The van der Waals surface area contributed by atoms with Crippen molar-refractivity contribution in [3.63, 3.8) is 0 Å². The van der Waals surface area contributed by atoms with Crippen molar-refractivity contribution in [3.8, 4) is 0 Å². The van der Waals surface area contributed by atoms with Crippen LogP contribution >= 0.6 is 0 Å². The Morgan fingerprint density at radius 2 is 2.05 bits per heavy atom. The number of nitrogens with two attached hydrogens (primary N) is 1. The highest BCUT2D eigenvalue weighted by molar-refractivity contribution is 7.89. The van der Waals surface area contributed by atoms with Crippen molar-refractivity contribution in [1.29, 1.82) is 0 Å². The number of nitrogens with zero attached hydrogens (tertiary/aromatic N) is 1. The standard InChI is InChI=1S/C10H14N4O4S/c11-12-9-5-4-8(6-10(9)14(15)16)19(17,18)13-7-2-1-3-7/h4-7,12-13H,1-3,11H2. The van der Waals surface area contributed by atoms with Crippen LogP contribution in [0.3, 0.4) is 0 Å². The van der Waals surface area contributed by atoms with E-state index in [9.17, 15) is 18.5 Å². The highest BCUT2D eigenvalue weighted by Crippen LogP contribution is 2.28. The summed E-state index contributed by atoms with van der Waals surface area (Å²) in [6.45, 7) is 0. The zero-order valence-corrected chi connectivity index (χ0v) is 10.8. The Balaban J connectivity index is 2.33. The predicted octanol–water partition coefficient (Wildman–Crippen LogP) is 0.711. The number of benzene rings is 1. The second kappa shape index (κ2) is 5.11. The molecule has 0 spiro atoms. The number of nitro benzene ring substituents is 1. The molecule has 2 rings (SSSR count). The van der Waals surface area contributed by atoms with E-state index in [-0.39, 0.29) is 22.3 Å². The van der Waals surface area contributed by atoms with E-state index in [1.807, 2.05) is 0 Å². The van der Waals surface area contributed by atoms with Gasteiger partial charge in [0, 0.05) is 12.1 Å². The van der Waals surface area contributed by atoms with E-state index in [0.29, 0.717) is 0 Å². The summed E-state index contributed by atoms with van der Waals surface area (Å²) < 4.78 is 26.6. The molecule has 1 aromatic carbocycles. The van der Waals surface area contributed by atoms with Crippen LogP contribution < -0.4 is 16.0 Å². The van der Waals surface area contributed by atoms with Crippen LogP contribution in [0, 0.1) is 10.1 Å². The van der Waals surface area contributed by atoms with Crippen LogP contribution in [-0.4, -0.2) is 19.4 Å². The highest BCUT2D eigenvalue weighted by Gasteiger charge is 2.26. The third-order valence-corrected chi connectivity index (χ3v) is 4.58. The topological polar surface area (TPSA) is 127 Å². The zero-order valence-electron chi connectivity index (χ0n) is 10.00. The molecule has 19 heavy (non-hydrogen) atoms. The molecule has 0 saturated heterocycles. The average molecular weight is 286 g/mol. The lowest BCUT2D eigenvalue weighted by Gasteiger charge is -2.26. The first-order valence-electron chi connectivity index (χ1n) is 5.71. The van der Waals surface area contributed by atoms with Crippen LogP contribution in [0.2, 0.25) is 0 Å². The molecular formula is C10H14N4O4S. The molecule has 0 amide bonds. The van der Waals surface area contributed by atoms with E-state index in [4.69, 9.17) is 5.84 Å². The number of anilines is 1. The average Bonchev–Trinajstić information content (AvgIpc) is 2.33. The predicted molar refractivity (Wildman–Crippen MR) is 68.9 cm³/mol. The molecule has 0 aliphatic heterocycles. The number of rotatable bonds is 5. The van der Waals surface area contributed by atoms with E-state index < -0.39 is 14.9 Å². The molecule has 0 bridgehead atoms. The Labute approximate surface area is 110 Å². The van der Waals surface area contributed by atoms with Crippen molar-refractivity contribution in [3.05, 3.63) is 28.3 Å². The highest BCUT2D eigenvalue weighted by atomic mass is 32.2. The molecule has 1 aliphatic rings. The van der Waals surface area contributed by atoms with Gasteiger partial charge in [0.2, 0.25) is 10.0 Å². The molecule has 0 radical (unpaired) electrons. The minimum atomic E-state index is -3.72. The maximum atomic E-state index is 12.0. The number of nitrogen functional groups attached to an aromatic ring is 1. The smallest absolute Gasteiger partial charge is 0.294 e. The van der Waals surface area contributed by atoms with Gasteiger partial charge >= 0.3 is 0 Å². The van der Waals surface area contributed by atoms with Crippen LogP contribution in [0.5, 0.6) is 0 Å². The van der Waals surface area contributed by atoms with Gasteiger partial charge in [-0.05, 0) is 25.0 Å². The molecule has 0 atom stereocenters. The van der Waals surface area contributed by atoms with Gasteiger partial charge in [0.15, 0.2) is 0 Å². The van der Waals surface area contributed by atoms with Crippen molar-refractivity contribution >= 4 is 21.4 Å². The summed E-state index contributed by atoms with van der Waals surface area (Å²) in [5.74, 6) is 5.14. The molecule has 104 valence electrons. The SMILES string of the molecule is NNc1ccc(S(=O)(=O)NC2CCC2)cc1[N+](=O)[O-]. The van der Waals surface area contributed by atoms with Gasteiger partial charge in [-0.1, -0.05) is 6.42 Å². The van der Waals surface area contributed by atoms with Crippen LogP contribution in [-0.2, 0) is 10.0 Å². The maximum absolute atomic E-state index is 12.0. The van der Waals surface area contributed by atoms with Crippen LogP contribution in [0.25, 0.3) is 0 Å². The summed E-state index contributed by atoms with van der Waals surface area (Å²) in [4.78, 5) is 10.0. The van der Waals surface area contributed by atoms with Gasteiger partial charge < -0.3 is 5.43 Å². The number of hydrazine groups is 1. The lowest BCUT2D eigenvalue weighted by atomic mass is 9.94. The molecule has 9 heteroatoms. The lowest BCUT2D eigenvalue weighted by Crippen LogP contribution is -2.39. The molecule has 4 N–H and O–H groups in total. The van der Waals surface area contributed by atoms with Crippen molar-refractivity contribution < 1.29 is 13.3 Å². The molecule has 0 heterocycles. The zero-order chi connectivity index (χ0) is 14.0. The molecule has 1 fully saturated rings. The largest absolute Gasteiger partial charge is 0.318 e. The molecule has 1 aromatic rings. The van der Waals surface area contributed by atoms with E-state index in [1.165, 1.54) is 12.1 Å². The number of sulfonamides is 1. The Hall–Kier alpha value is -1.71. The molecule has 0 aromatic heterocycles. The minimum Gasteiger partial charge on any atom is -0.318 e. The summed E-state index contributed by atoms with van der Waals surface area (Å²) >= 11 is 0. The minimum absolute atomic E-state index is 0.0626. The van der Waals surface area contributed by atoms with Crippen molar-refractivity contribution in [1.82, 2.24) is 4.72 Å². The Kier molecular flexibility index (Phi) is 3.69. The fourth-order valence-corrected chi connectivity index (χ4v) is 3.09. The first-order chi connectivity index (χ1) is 8.94. The fraction of sp³-hybridized carbons (Fsp3) is 0.400. The first-order valence-corrected chi connectivity index (χ1v) is 7.20. The summed E-state index contributed by atoms with van der Waals surface area (Å²) in [5.41, 5.74) is 1.85. The van der Waals surface area contributed by atoms with Gasteiger partial charge in [-0.3, -0.25) is 16.0 Å². The first kappa shape index (κ1) is 13.7. The summed E-state index contributed by atoms with van der Waals surface area (Å²) in [7, 11) is -3.72. The van der Waals surface area contributed by atoms with Crippen LogP contribution in [0.4, 0.5) is 11.4 Å². The number of hydrogen-bond acceptors (Lipinski definition) is 6. The molecule has 0 unspecified atom stereocenters. The van der Waals surface area contributed by atoms with E-state index in [0.717, 1.165) is 25.3 Å². The monoisotopic (exact) mass is 286 g/mol. The Morgan fingerprint density at radius 1 is 1.37 bits per heavy atom. The fourth-order valence-electron chi connectivity index (χ4n) is 1.77. The third-order valence-electron chi connectivity index (χ3n) is 3.06. The van der Waals surface area contributed by atoms with Crippen molar-refractivity contribution in [2.45, 2.75) is 30.2 Å². The third kappa shape index (κ3) is 2.83. The summed E-state index contributed by atoms with van der Waals surface area (Å²) in [5, 5.41) is 10.8.